The minimum absolute atomic E-state index is 0.0754. The predicted molar refractivity (Wildman–Crippen MR) is 116 cm³/mol. The molecule has 3 N–H and O–H groups in total. The van der Waals surface area contributed by atoms with E-state index in [-0.39, 0.29) is 36.0 Å². The van der Waals surface area contributed by atoms with Crippen molar-refractivity contribution in [3.05, 3.63) is 12.2 Å². The molecular weight excluding hydrogens is 420 g/mol. The first-order valence-corrected chi connectivity index (χ1v) is 12.1. The summed E-state index contributed by atoms with van der Waals surface area (Å²) in [5.74, 6) is -1.39. The number of aliphatic hydroxyl groups is 3. The smallest absolute Gasteiger partial charge is 0.312 e. The van der Waals surface area contributed by atoms with Gasteiger partial charge in [-0.15, -0.1) is 11.6 Å². The molecule has 176 valence electrons. The van der Waals surface area contributed by atoms with Crippen molar-refractivity contribution >= 4 is 17.6 Å². The van der Waals surface area contributed by atoms with Crippen LogP contribution in [0.5, 0.6) is 0 Å². The Balaban J connectivity index is 1.87. The SMILES string of the molecule is C=C1[C@@H](O)C[C@H](O)[C@]2(C)[C@H]([C@@H](C)[C@@H](CCC)[C@@H]3O[C@@H]32)[C@H](C)[C@]2(O)[C@@H](C)C(=O)O[C@H]2[C@H]1Cl. The number of halogens is 1. The maximum atomic E-state index is 12.6. The van der Waals surface area contributed by atoms with Gasteiger partial charge in [-0.2, -0.15) is 0 Å². The maximum absolute atomic E-state index is 12.6. The standard InChI is InChI=1S/C24H37ClO6/c1-7-8-14-10(2)17-12(4)24(29)13(5)22(28)31-20(24)18(25)11(3)15(26)9-16(27)23(17,6)21-19(14)30-21/h10,12-21,26-27,29H,3,7-9H2,1-2,4-6H3/t10-,12-,13-,14+,15-,16-,17+,18-,19-,20-,21-,23+,24-/m0/s1. The first-order chi connectivity index (χ1) is 14.4. The van der Waals surface area contributed by atoms with E-state index in [4.69, 9.17) is 21.1 Å². The number of epoxide rings is 1. The Morgan fingerprint density at radius 2 is 1.87 bits per heavy atom. The van der Waals surface area contributed by atoms with Gasteiger partial charge in [-0.25, -0.2) is 0 Å². The predicted octanol–water partition coefficient (Wildman–Crippen LogP) is 2.66. The lowest BCUT2D eigenvalue weighted by molar-refractivity contribution is -0.168. The zero-order chi connectivity index (χ0) is 23.0. The molecule has 4 fully saturated rings. The molecular formula is C24H37ClO6. The highest BCUT2D eigenvalue weighted by Crippen LogP contribution is 2.64. The monoisotopic (exact) mass is 456 g/mol. The van der Waals surface area contributed by atoms with Crippen LogP contribution in [0.3, 0.4) is 0 Å². The van der Waals surface area contributed by atoms with E-state index in [2.05, 4.69) is 20.4 Å². The van der Waals surface area contributed by atoms with Gasteiger partial charge in [-0.1, -0.05) is 40.7 Å². The summed E-state index contributed by atoms with van der Waals surface area (Å²) in [6.07, 6.45) is -0.933. The topological polar surface area (TPSA) is 99.5 Å². The molecule has 2 saturated heterocycles. The highest BCUT2D eigenvalue weighted by molar-refractivity contribution is 6.23. The van der Waals surface area contributed by atoms with Crippen LogP contribution >= 0.6 is 11.6 Å². The lowest BCUT2D eigenvalue weighted by atomic mass is 9.49. The Labute approximate surface area is 189 Å². The van der Waals surface area contributed by atoms with E-state index in [9.17, 15) is 20.1 Å². The fourth-order valence-corrected chi connectivity index (χ4v) is 7.82. The molecule has 0 aromatic rings. The number of carbonyl (C=O) groups is 1. The molecule has 13 atom stereocenters. The molecule has 7 heteroatoms. The Kier molecular flexibility index (Phi) is 5.83. The zero-order valence-electron chi connectivity index (χ0n) is 19.1. The van der Waals surface area contributed by atoms with Crippen molar-refractivity contribution in [3.8, 4) is 0 Å². The summed E-state index contributed by atoms with van der Waals surface area (Å²) in [5, 5.41) is 33.4. The van der Waals surface area contributed by atoms with E-state index in [0.717, 1.165) is 12.8 Å². The molecule has 4 aliphatic rings. The van der Waals surface area contributed by atoms with Crippen LogP contribution in [0.25, 0.3) is 0 Å². The Bertz CT molecular complexity index is 758. The lowest BCUT2D eigenvalue weighted by Gasteiger charge is -2.55. The Hall–Kier alpha value is -0.660. The summed E-state index contributed by atoms with van der Waals surface area (Å²) < 4.78 is 11.8. The van der Waals surface area contributed by atoms with Crippen LogP contribution in [0.1, 0.15) is 53.9 Å². The minimum atomic E-state index is -1.55. The molecule has 6 nitrogen and oxygen atoms in total. The van der Waals surface area contributed by atoms with Crippen molar-refractivity contribution in [1.82, 2.24) is 0 Å². The van der Waals surface area contributed by atoms with Gasteiger partial charge >= 0.3 is 5.97 Å². The van der Waals surface area contributed by atoms with E-state index < -0.39 is 52.5 Å². The van der Waals surface area contributed by atoms with E-state index in [1.807, 2.05) is 13.8 Å². The number of fused-ring (bicyclic) bond motifs is 4. The fourth-order valence-electron chi connectivity index (χ4n) is 7.42. The third-order valence-electron chi connectivity index (χ3n) is 9.37. The number of hydrogen-bond donors (Lipinski definition) is 3. The van der Waals surface area contributed by atoms with Crippen molar-refractivity contribution < 1.29 is 29.6 Å². The molecule has 0 aromatic carbocycles. The highest BCUT2D eigenvalue weighted by atomic mass is 35.5. The van der Waals surface area contributed by atoms with Gasteiger partial charge in [0.2, 0.25) is 0 Å². The largest absolute Gasteiger partial charge is 0.457 e. The number of alkyl halides is 1. The van der Waals surface area contributed by atoms with Gasteiger partial charge < -0.3 is 24.8 Å². The first-order valence-electron chi connectivity index (χ1n) is 11.7. The summed E-state index contributed by atoms with van der Waals surface area (Å²) >= 11 is 6.66. The summed E-state index contributed by atoms with van der Waals surface area (Å²) in [6.45, 7) is 13.9. The number of aliphatic hydroxyl groups excluding tert-OH is 2. The number of ether oxygens (including phenoxy) is 2. The van der Waals surface area contributed by atoms with Crippen molar-refractivity contribution in [2.75, 3.05) is 0 Å². The normalized spacial score (nSPS) is 56.9. The fraction of sp³-hybridized carbons (Fsp3) is 0.875. The van der Waals surface area contributed by atoms with Crippen molar-refractivity contribution in [2.45, 2.75) is 95.4 Å². The van der Waals surface area contributed by atoms with E-state index in [1.165, 1.54) is 0 Å². The van der Waals surface area contributed by atoms with Crippen LogP contribution in [0.15, 0.2) is 12.2 Å². The molecule has 2 aliphatic heterocycles. The van der Waals surface area contributed by atoms with Gasteiger partial charge in [0.1, 0.15) is 5.60 Å². The second kappa shape index (κ2) is 7.69. The van der Waals surface area contributed by atoms with Gasteiger partial charge in [-0.3, -0.25) is 4.79 Å². The molecule has 0 bridgehead atoms. The Morgan fingerprint density at radius 1 is 1.23 bits per heavy atom. The minimum Gasteiger partial charge on any atom is -0.457 e. The maximum Gasteiger partial charge on any atom is 0.312 e. The average Bonchev–Trinajstić information content (AvgIpc) is 3.49. The number of esters is 1. The third kappa shape index (κ3) is 3.08. The van der Waals surface area contributed by atoms with E-state index >= 15 is 0 Å². The second-order valence-electron chi connectivity index (χ2n) is 10.7. The van der Waals surface area contributed by atoms with Gasteiger partial charge in [0.15, 0.2) is 6.10 Å². The molecule has 2 saturated carbocycles. The molecule has 0 unspecified atom stereocenters. The van der Waals surface area contributed by atoms with Crippen LogP contribution in [-0.4, -0.2) is 62.8 Å². The molecule has 2 heterocycles. The van der Waals surface area contributed by atoms with Gasteiger partial charge in [0.05, 0.1) is 35.7 Å². The Morgan fingerprint density at radius 3 is 2.48 bits per heavy atom. The summed E-state index contributed by atoms with van der Waals surface area (Å²) in [7, 11) is 0. The van der Waals surface area contributed by atoms with Crippen molar-refractivity contribution in [3.63, 3.8) is 0 Å². The number of rotatable bonds is 2. The summed E-state index contributed by atoms with van der Waals surface area (Å²) in [5.41, 5.74) is -2.00. The van der Waals surface area contributed by atoms with Crippen LogP contribution in [0.4, 0.5) is 0 Å². The molecule has 2 aliphatic carbocycles. The average molecular weight is 457 g/mol. The third-order valence-corrected chi connectivity index (χ3v) is 9.88. The number of carbonyl (C=O) groups excluding carboxylic acids is 1. The highest BCUT2D eigenvalue weighted by Gasteiger charge is 2.72. The van der Waals surface area contributed by atoms with Crippen molar-refractivity contribution in [1.29, 1.82) is 0 Å². The van der Waals surface area contributed by atoms with Crippen LogP contribution in [-0.2, 0) is 14.3 Å². The quantitative estimate of drug-likeness (QED) is 0.256. The number of hydrogen-bond acceptors (Lipinski definition) is 6. The molecule has 0 aromatic heterocycles. The molecule has 4 rings (SSSR count). The van der Waals surface area contributed by atoms with Crippen molar-refractivity contribution in [2.24, 2.45) is 35.0 Å². The van der Waals surface area contributed by atoms with Gasteiger partial charge in [0.25, 0.3) is 0 Å². The summed E-state index contributed by atoms with van der Waals surface area (Å²) in [6, 6.07) is 0. The van der Waals surface area contributed by atoms with Crippen LogP contribution in [0, 0.1) is 35.0 Å². The second-order valence-corrected chi connectivity index (χ2v) is 11.2. The molecule has 0 radical (unpaired) electrons. The van der Waals surface area contributed by atoms with Gasteiger partial charge in [-0.05, 0) is 42.6 Å². The van der Waals surface area contributed by atoms with Crippen LogP contribution in [0.2, 0.25) is 0 Å². The lowest BCUT2D eigenvalue weighted by Crippen LogP contribution is -2.63. The molecule has 31 heavy (non-hydrogen) atoms. The van der Waals surface area contributed by atoms with Gasteiger partial charge in [0, 0.05) is 11.8 Å². The van der Waals surface area contributed by atoms with E-state index in [0.29, 0.717) is 5.92 Å². The van der Waals surface area contributed by atoms with Crippen LogP contribution < -0.4 is 0 Å². The molecule has 0 spiro atoms. The zero-order valence-corrected chi connectivity index (χ0v) is 19.9. The molecule has 0 amide bonds. The first kappa shape index (κ1) is 23.5. The van der Waals surface area contributed by atoms with E-state index in [1.54, 1.807) is 6.92 Å². The summed E-state index contributed by atoms with van der Waals surface area (Å²) in [4.78, 5) is 12.6.